The van der Waals surface area contributed by atoms with Crippen LogP contribution in [0.3, 0.4) is 0 Å². The Morgan fingerprint density at radius 1 is 1.35 bits per heavy atom. The van der Waals surface area contributed by atoms with Crippen molar-refractivity contribution in [2.45, 2.75) is 6.92 Å². The molecule has 0 saturated carbocycles. The minimum Gasteiger partial charge on any atom is -0.496 e. The van der Waals surface area contributed by atoms with Crippen molar-refractivity contribution >= 4 is 17.4 Å². The standard InChI is InChI=1S/C12H14ClN3O/c1-7-4-11(17-3)8(5-9(7)13)10-6-12(14-2)16-15-10/h4-6H,1-3H3,(H2,14,15,16). The lowest BCUT2D eigenvalue weighted by atomic mass is 10.1. The van der Waals surface area contributed by atoms with Crippen LogP contribution in [0.4, 0.5) is 5.82 Å². The monoisotopic (exact) mass is 251 g/mol. The number of benzene rings is 1. The first-order valence-corrected chi connectivity index (χ1v) is 5.61. The summed E-state index contributed by atoms with van der Waals surface area (Å²) in [5, 5.41) is 10.7. The number of anilines is 1. The highest BCUT2D eigenvalue weighted by Gasteiger charge is 2.11. The fourth-order valence-electron chi connectivity index (χ4n) is 1.62. The predicted octanol–water partition coefficient (Wildman–Crippen LogP) is 3.09. The quantitative estimate of drug-likeness (QED) is 0.881. The van der Waals surface area contributed by atoms with E-state index in [-0.39, 0.29) is 0 Å². The van der Waals surface area contributed by atoms with Crippen LogP contribution in [-0.2, 0) is 0 Å². The molecule has 1 aromatic carbocycles. The molecule has 17 heavy (non-hydrogen) atoms. The van der Waals surface area contributed by atoms with Crippen LogP contribution in [0.15, 0.2) is 18.2 Å². The summed E-state index contributed by atoms with van der Waals surface area (Å²) in [5.41, 5.74) is 2.76. The average molecular weight is 252 g/mol. The number of nitrogens with one attached hydrogen (secondary N) is 2. The Bertz CT molecular complexity index is 537. The zero-order valence-corrected chi connectivity index (χ0v) is 10.7. The Morgan fingerprint density at radius 3 is 2.71 bits per heavy atom. The van der Waals surface area contributed by atoms with Crippen LogP contribution < -0.4 is 10.1 Å². The third kappa shape index (κ3) is 2.22. The first-order chi connectivity index (χ1) is 8.15. The molecule has 0 unspecified atom stereocenters. The van der Waals surface area contributed by atoms with Gasteiger partial charge in [-0.25, -0.2) is 0 Å². The Morgan fingerprint density at radius 2 is 2.12 bits per heavy atom. The summed E-state index contributed by atoms with van der Waals surface area (Å²) in [6, 6.07) is 5.70. The first kappa shape index (κ1) is 11.8. The van der Waals surface area contributed by atoms with E-state index in [2.05, 4.69) is 15.5 Å². The molecule has 0 atom stereocenters. The maximum Gasteiger partial charge on any atom is 0.148 e. The maximum absolute atomic E-state index is 6.13. The highest BCUT2D eigenvalue weighted by Crippen LogP contribution is 2.34. The van der Waals surface area contributed by atoms with Crippen LogP contribution in [0, 0.1) is 6.92 Å². The van der Waals surface area contributed by atoms with Crippen LogP contribution in [-0.4, -0.2) is 24.4 Å². The van der Waals surface area contributed by atoms with Gasteiger partial charge in [-0.1, -0.05) is 11.6 Å². The highest BCUT2D eigenvalue weighted by atomic mass is 35.5. The van der Waals surface area contributed by atoms with Crippen LogP contribution in [0.25, 0.3) is 11.3 Å². The van der Waals surface area contributed by atoms with Gasteiger partial charge in [0.1, 0.15) is 11.6 Å². The number of aryl methyl sites for hydroxylation is 1. The van der Waals surface area contributed by atoms with Gasteiger partial charge in [-0.3, -0.25) is 5.10 Å². The van der Waals surface area contributed by atoms with Crippen molar-refractivity contribution in [3.8, 4) is 17.0 Å². The summed E-state index contributed by atoms with van der Waals surface area (Å²) < 4.78 is 5.35. The molecule has 0 radical (unpaired) electrons. The van der Waals surface area contributed by atoms with Gasteiger partial charge in [-0.15, -0.1) is 0 Å². The molecular weight excluding hydrogens is 238 g/mol. The van der Waals surface area contributed by atoms with E-state index in [9.17, 15) is 0 Å². The van der Waals surface area contributed by atoms with Gasteiger partial charge < -0.3 is 10.1 Å². The number of methoxy groups -OCH3 is 1. The summed E-state index contributed by atoms with van der Waals surface area (Å²) in [5.74, 6) is 1.55. The topological polar surface area (TPSA) is 49.9 Å². The van der Waals surface area contributed by atoms with Crippen molar-refractivity contribution in [2.24, 2.45) is 0 Å². The van der Waals surface area contributed by atoms with Crippen molar-refractivity contribution in [3.63, 3.8) is 0 Å². The molecule has 1 aromatic heterocycles. The van der Waals surface area contributed by atoms with E-state index in [0.29, 0.717) is 5.02 Å². The molecule has 0 saturated heterocycles. The van der Waals surface area contributed by atoms with E-state index in [4.69, 9.17) is 16.3 Å². The molecule has 4 nitrogen and oxygen atoms in total. The number of ether oxygens (including phenoxy) is 1. The molecule has 0 amide bonds. The smallest absolute Gasteiger partial charge is 0.148 e. The molecule has 5 heteroatoms. The van der Waals surface area contributed by atoms with Gasteiger partial charge in [0.2, 0.25) is 0 Å². The zero-order valence-electron chi connectivity index (χ0n) is 9.97. The van der Waals surface area contributed by atoms with Crippen LogP contribution in [0.1, 0.15) is 5.56 Å². The second kappa shape index (κ2) is 4.67. The summed E-state index contributed by atoms with van der Waals surface area (Å²) in [6.45, 7) is 1.95. The average Bonchev–Trinajstić information content (AvgIpc) is 2.80. The summed E-state index contributed by atoms with van der Waals surface area (Å²) >= 11 is 6.13. The zero-order chi connectivity index (χ0) is 12.4. The Labute approximate surface area is 105 Å². The minimum atomic E-state index is 0.710. The molecule has 2 aromatic rings. The summed E-state index contributed by atoms with van der Waals surface area (Å²) in [4.78, 5) is 0. The molecule has 0 aliphatic carbocycles. The largest absolute Gasteiger partial charge is 0.496 e. The van der Waals surface area contributed by atoms with Crippen molar-refractivity contribution in [3.05, 3.63) is 28.8 Å². The molecule has 0 spiro atoms. The van der Waals surface area contributed by atoms with Crippen molar-refractivity contribution < 1.29 is 4.74 Å². The van der Waals surface area contributed by atoms with Gasteiger partial charge in [0.05, 0.1) is 12.8 Å². The van der Waals surface area contributed by atoms with Gasteiger partial charge in [-0.2, -0.15) is 5.10 Å². The Hall–Kier alpha value is -1.68. The van der Waals surface area contributed by atoms with E-state index in [1.54, 1.807) is 7.11 Å². The summed E-state index contributed by atoms with van der Waals surface area (Å²) in [6.07, 6.45) is 0. The van der Waals surface area contributed by atoms with E-state index in [1.165, 1.54) is 0 Å². The van der Waals surface area contributed by atoms with E-state index in [0.717, 1.165) is 28.4 Å². The number of aromatic nitrogens is 2. The molecule has 0 aliphatic heterocycles. The molecule has 2 N–H and O–H groups in total. The number of hydrogen-bond acceptors (Lipinski definition) is 3. The fraction of sp³-hybridized carbons (Fsp3) is 0.250. The molecule has 0 aliphatic rings. The van der Waals surface area contributed by atoms with Crippen molar-refractivity contribution in [1.82, 2.24) is 10.2 Å². The third-order valence-electron chi connectivity index (χ3n) is 2.60. The fourth-order valence-corrected chi connectivity index (χ4v) is 1.79. The van der Waals surface area contributed by atoms with Gasteiger partial charge in [0.25, 0.3) is 0 Å². The molecule has 1 heterocycles. The van der Waals surface area contributed by atoms with Gasteiger partial charge in [-0.05, 0) is 24.6 Å². The van der Waals surface area contributed by atoms with Gasteiger partial charge in [0, 0.05) is 23.7 Å². The second-order valence-electron chi connectivity index (χ2n) is 3.72. The maximum atomic E-state index is 6.13. The normalized spacial score (nSPS) is 10.4. The predicted molar refractivity (Wildman–Crippen MR) is 69.9 cm³/mol. The van der Waals surface area contributed by atoms with Crippen LogP contribution in [0.5, 0.6) is 5.75 Å². The summed E-state index contributed by atoms with van der Waals surface area (Å²) in [7, 11) is 3.46. The van der Waals surface area contributed by atoms with Crippen molar-refractivity contribution in [1.29, 1.82) is 0 Å². The molecular formula is C12H14ClN3O. The van der Waals surface area contributed by atoms with Gasteiger partial charge in [0.15, 0.2) is 0 Å². The number of hydrogen-bond donors (Lipinski definition) is 2. The Balaban J connectivity index is 2.53. The highest BCUT2D eigenvalue weighted by molar-refractivity contribution is 6.31. The lowest BCUT2D eigenvalue weighted by Gasteiger charge is -2.09. The number of halogens is 1. The van der Waals surface area contributed by atoms with Crippen LogP contribution in [0.2, 0.25) is 5.02 Å². The van der Waals surface area contributed by atoms with Crippen LogP contribution >= 0.6 is 11.6 Å². The molecule has 90 valence electrons. The van der Waals surface area contributed by atoms with E-state index in [1.807, 2.05) is 32.2 Å². The Kier molecular flexibility index (Phi) is 3.24. The lowest BCUT2D eigenvalue weighted by molar-refractivity contribution is 0.416. The molecule has 0 fully saturated rings. The lowest BCUT2D eigenvalue weighted by Crippen LogP contribution is -1.90. The molecule has 2 rings (SSSR count). The van der Waals surface area contributed by atoms with Gasteiger partial charge >= 0.3 is 0 Å². The van der Waals surface area contributed by atoms with Crippen molar-refractivity contribution in [2.75, 3.05) is 19.5 Å². The second-order valence-corrected chi connectivity index (χ2v) is 4.13. The van der Waals surface area contributed by atoms with E-state index >= 15 is 0 Å². The molecule has 0 bridgehead atoms. The number of aromatic amines is 1. The number of rotatable bonds is 3. The third-order valence-corrected chi connectivity index (χ3v) is 3.01. The number of H-pyrrole nitrogens is 1. The SMILES string of the molecule is CNc1cc(-c2cc(Cl)c(C)cc2OC)[nH]n1. The minimum absolute atomic E-state index is 0.710. The van der Waals surface area contributed by atoms with E-state index < -0.39 is 0 Å². The first-order valence-electron chi connectivity index (χ1n) is 5.23. The number of nitrogens with zero attached hydrogens (tertiary/aromatic N) is 1.